The first-order valence-electron chi connectivity index (χ1n) is 3.20. The van der Waals surface area contributed by atoms with Gasteiger partial charge >= 0.3 is 0 Å². The predicted octanol–water partition coefficient (Wildman–Crippen LogP) is 1.06. The molecule has 2 heteroatoms. The van der Waals surface area contributed by atoms with E-state index >= 15 is 0 Å². The molecular formula is C6H13NS. The third-order valence-electron chi connectivity index (χ3n) is 1.60. The quantitative estimate of drug-likeness (QED) is 0.468. The van der Waals surface area contributed by atoms with E-state index in [2.05, 4.69) is 24.9 Å². The molecule has 0 bridgehead atoms. The Hall–Kier alpha value is 0.310. The van der Waals surface area contributed by atoms with E-state index < -0.39 is 0 Å². The standard InChI is InChI=1S/C6H13NS/c1-5-4-6(8)2-3-7-5/h5-8H,2-4H2,1H3/t5-,6+/m1/s1. The SMILES string of the molecule is C[C@@H]1C[C@@H](S)CCN1. The van der Waals surface area contributed by atoms with E-state index in [0.717, 1.165) is 6.54 Å². The van der Waals surface area contributed by atoms with Crippen LogP contribution in [0.25, 0.3) is 0 Å². The number of thiol groups is 1. The van der Waals surface area contributed by atoms with E-state index in [1.165, 1.54) is 12.8 Å². The molecule has 0 spiro atoms. The zero-order valence-electron chi connectivity index (χ0n) is 5.22. The zero-order chi connectivity index (χ0) is 5.98. The van der Waals surface area contributed by atoms with Crippen LogP contribution in [-0.2, 0) is 0 Å². The fourth-order valence-corrected chi connectivity index (χ4v) is 1.55. The van der Waals surface area contributed by atoms with Gasteiger partial charge in [0.1, 0.15) is 0 Å². The molecule has 1 rings (SSSR count). The molecule has 1 heterocycles. The summed E-state index contributed by atoms with van der Waals surface area (Å²) in [5.41, 5.74) is 0. The molecular weight excluding hydrogens is 118 g/mol. The number of hydrogen-bond donors (Lipinski definition) is 2. The molecule has 2 atom stereocenters. The predicted molar refractivity (Wildman–Crippen MR) is 39.5 cm³/mol. The van der Waals surface area contributed by atoms with Crippen LogP contribution in [0, 0.1) is 0 Å². The third kappa shape index (κ3) is 1.67. The lowest BCUT2D eigenvalue weighted by Crippen LogP contribution is -2.36. The fourth-order valence-electron chi connectivity index (χ4n) is 1.11. The first kappa shape index (κ1) is 6.43. The molecule has 0 unspecified atom stereocenters. The Bertz CT molecular complexity index is 66.9. The zero-order valence-corrected chi connectivity index (χ0v) is 6.12. The molecule has 1 aliphatic heterocycles. The molecule has 1 aliphatic rings. The second-order valence-corrected chi connectivity index (χ2v) is 3.26. The van der Waals surface area contributed by atoms with E-state index in [4.69, 9.17) is 0 Å². The average molecular weight is 131 g/mol. The van der Waals surface area contributed by atoms with Gasteiger partial charge in [0.25, 0.3) is 0 Å². The van der Waals surface area contributed by atoms with Gasteiger partial charge in [-0.3, -0.25) is 0 Å². The number of rotatable bonds is 0. The lowest BCUT2D eigenvalue weighted by Gasteiger charge is -2.23. The Morgan fingerprint density at radius 2 is 2.38 bits per heavy atom. The van der Waals surface area contributed by atoms with Gasteiger partial charge in [0.2, 0.25) is 0 Å². The second-order valence-electron chi connectivity index (χ2n) is 2.53. The van der Waals surface area contributed by atoms with Crippen LogP contribution in [0.2, 0.25) is 0 Å². The highest BCUT2D eigenvalue weighted by Crippen LogP contribution is 2.12. The lowest BCUT2D eigenvalue weighted by molar-refractivity contribution is 0.435. The van der Waals surface area contributed by atoms with Gasteiger partial charge in [-0.15, -0.1) is 0 Å². The van der Waals surface area contributed by atoms with Gasteiger partial charge in [-0.25, -0.2) is 0 Å². The minimum atomic E-state index is 0.645. The molecule has 1 saturated heterocycles. The van der Waals surface area contributed by atoms with Crippen LogP contribution >= 0.6 is 12.6 Å². The largest absolute Gasteiger partial charge is 0.314 e. The Morgan fingerprint density at radius 3 is 2.75 bits per heavy atom. The summed E-state index contributed by atoms with van der Waals surface area (Å²) in [5.74, 6) is 0. The summed E-state index contributed by atoms with van der Waals surface area (Å²) in [7, 11) is 0. The molecule has 1 N–H and O–H groups in total. The van der Waals surface area contributed by atoms with E-state index in [1.807, 2.05) is 0 Å². The van der Waals surface area contributed by atoms with Crippen molar-refractivity contribution in [2.75, 3.05) is 6.54 Å². The molecule has 1 nitrogen and oxygen atoms in total. The molecule has 0 amide bonds. The first-order chi connectivity index (χ1) is 3.79. The fraction of sp³-hybridized carbons (Fsp3) is 1.00. The van der Waals surface area contributed by atoms with Gasteiger partial charge in [0, 0.05) is 11.3 Å². The molecule has 0 saturated carbocycles. The van der Waals surface area contributed by atoms with Crippen molar-refractivity contribution in [2.45, 2.75) is 31.1 Å². The second kappa shape index (κ2) is 2.74. The molecule has 0 aromatic heterocycles. The number of hydrogen-bond acceptors (Lipinski definition) is 2. The summed E-state index contributed by atoms with van der Waals surface area (Å²) < 4.78 is 0. The van der Waals surface area contributed by atoms with Crippen molar-refractivity contribution >= 4 is 12.6 Å². The summed E-state index contributed by atoms with van der Waals surface area (Å²) >= 11 is 4.38. The summed E-state index contributed by atoms with van der Waals surface area (Å²) in [4.78, 5) is 0. The van der Waals surface area contributed by atoms with Crippen molar-refractivity contribution in [1.82, 2.24) is 5.32 Å². The molecule has 0 aliphatic carbocycles. The molecule has 48 valence electrons. The summed E-state index contributed by atoms with van der Waals surface area (Å²) in [6, 6.07) is 0.686. The van der Waals surface area contributed by atoms with Crippen molar-refractivity contribution in [2.24, 2.45) is 0 Å². The van der Waals surface area contributed by atoms with Crippen LogP contribution in [0.15, 0.2) is 0 Å². The molecule has 1 fully saturated rings. The first-order valence-corrected chi connectivity index (χ1v) is 3.72. The van der Waals surface area contributed by atoms with Gasteiger partial charge in [0.05, 0.1) is 0 Å². The van der Waals surface area contributed by atoms with Crippen LogP contribution in [0.4, 0.5) is 0 Å². The van der Waals surface area contributed by atoms with E-state index in [9.17, 15) is 0 Å². The van der Waals surface area contributed by atoms with Gasteiger partial charge in [0.15, 0.2) is 0 Å². The molecule has 0 aromatic rings. The average Bonchev–Trinajstić information content (AvgIpc) is 1.64. The van der Waals surface area contributed by atoms with Crippen LogP contribution in [0.5, 0.6) is 0 Å². The van der Waals surface area contributed by atoms with Crippen molar-refractivity contribution in [3.63, 3.8) is 0 Å². The maximum absolute atomic E-state index is 4.38. The Balaban J connectivity index is 2.23. The third-order valence-corrected chi connectivity index (χ3v) is 2.07. The minimum absolute atomic E-state index is 0.645. The van der Waals surface area contributed by atoms with Crippen LogP contribution in [0.3, 0.4) is 0 Å². The van der Waals surface area contributed by atoms with Crippen molar-refractivity contribution in [3.05, 3.63) is 0 Å². The lowest BCUT2D eigenvalue weighted by atomic mass is 10.1. The highest BCUT2D eigenvalue weighted by Gasteiger charge is 2.13. The van der Waals surface area contributed by atoms with Crippen LogP contribution < -0.4 is 5.32 Å². The molecule has 8 heavy (non-hydrogen) atoms. The number of nitrogens with one attached hydrogen (secondary N) is 1. The van der Waals surface area contributed by atoms with Gasteiger partial charge in [-0.2, -0.15) is 12.6 Å². The van der Waals surface area contributed by atoms with E-state index in [-0.39, 0.29) is 0 Å². The van der Waals surface area contributed by atoms with Gasteiger partial charge in [-0.1, -0.05) is 0 Å². The van der Waals surface area contributed by atoms with Crippen molar-refractivity contribution in [1.29, 1.82) is 0 Å². The smallest absolute Gasteiger partial charge is 0.00491 e. The highest BCUT2D eigenvalue weighted by molar-refractivity contribution is 7.80. The van der Waals surface area contributed by atoms with Crippen LogP contribution in [0.1, 0.15) is 19.8 Å². The van der Waals surface area contributed by atoms with Crippen molar-refractivity contribution in [3.8, 4) is 0 Å². The minimum Gasteiger partial charge on any atom is -0.314 e. The topological polar surface area (TPSA) is 12.0 Å². The summed E-state index contributed by atoms with van der Waals surface area (Å²) in [5, 5.41) is 4.01. The Kier molecular flexibility index (Phi) is 2.20. The van der Waals surface area contributed by atoms with E-state index in [0.29, 0.717) is 11.3 Å². The normalized spacial score (nSPS) is 39.8. The monoisotopic (exact) mass is 131 g/mol. The van der Waals surface area contributed by atoms with Crippen LogP contribution in [-0.4, -0.2) is 17.8 Å². The highest BCUT2D eigenvalue weighted by atomic mass is 32.1. The van der Waals surface area contributed by atoms with Gasteiger partial charge < -0.3 is 5.32 Å². The van der Waals surface area contributed by atoms with Gasteiger partial charge in [-0.05, 0) is 26.3 Å². The van der Waals surface area contributed by atoms with Crippen molar-refractivity contribution < 1.29 is 0 Å². The maximum Gasteiger partial charge on any atom is 0.00491 e. The Labute approximate surface area is 56.3 Å². The Morgan fingerprint density at radius 1 is 1.62 bits per heavy atom. The maximum atomic E-state index is 4.38. The summed E-state index contributed by atoms with van der Waals surface area (Å²) in [6.07, 6.45) is 2.45. The number of piperidine rings is 1. The summed E-state index contributed by atoms with van der Waals surface area (Å²) in [6.45, 7) is 3.36. The molecule has 0 radical (unpaired) electrons. The molecule has 0 aromatic carbocycles. The van der Waals surface area contributed by atoms with E-state index in [1.54, 1.807) is 0 Å².